The van der Waals surface area contributed by atoms with E-state index in [1.165, 1.54) is 0 Å². The zero-order valence-corrected chi connectivity index (χ0v) is 11.2. The van der Waals surface area contributed by atoms with Crippen LogP contribution in [0.2, 0.25) is 18.1 Å². The maximum absolute atomic E-state index is 11.4. The number of alkyl halides is 1. The van der Waals surface area contributed by atoms with Gasteiger partial charge >= 0.3 is 0 Å². The maximum atomic E-state index is 11.4. The highest BCUT2D eigenvalue weighted by molar-refractivity contribution is 6.74. The molecule has 0 saturated heterocycles. The first-order chi connectivity index (χ1) is 6.64. The van der Waals surface area contributed by atoms with E-state index < -0.39 is 8.32 Å². The molecule has 0 N–H and O–H groups in total. The summed E-state index contributed by atoms with van der Waals surface area (Å²) in [6, 6.07) is 3.06. The second-order valence-electron chi connectivity index (χ2n) is 3.51. The van der Waals surface area contributed by atoms with Gasteiger partial charge in [-0.2, -0.15) is 0 Å². The Morgan fingerprint density at radius 3 is 2.07 bits per heavy atom. The van der Waals surface area contributed by atoms with Crippen molar-refractivity contribution in [2.75, 3.05) is 5.88 Å². The molecule has 0 heterocycles. The molecule has 0 amide bonds. The van der Waals surface area contributed by atoms with Gasteiger partial charge in [-0.25, -0.2) is 0 Å². The summed E-state index contributed by atoms with van der Waals surface area (Å²) in [7, 11) is -1.72. The summed E-state index contributed by atoms with van der Waals surface area (Å²) in [5.74, 6) is 0.483. The van der Waals surface area contributed by atoms with Gasteiger partial charge in [0.15, 0.2) is 0 Å². The fourth-order valence-electron chi connectivity index (χ4n) is 1.47. The molecule has 0 atom stereocenters. The lowest BCUT2D eigenvalue weighted by molar-refractivity contribution is -0.135. The number of carbonyl (C=O) groups is 1. The molecule has 0 fully saturated rings. The first kappa shape index (κ1) is 14.0. The van der Waals surface area contributed by atoms with E-state index >= 15 is 0 Å². The molecular formula is C10H21ClO2Si. The molecule has 0 spiro atoms. The third-order valence-corrected chi connectivity index (χ3v) is 7.57. The van der Waals surface area contributed by atoms with Gasteiger partial charge in [-0.3, -0.25) is 4.79 Å². The van der Waals surface area contributed by atoms with Crippen LogP contribution in [0.1, 0.15) is 33.6 Å². The van der Waals surface area contributed by atoms with Crippen LogP contribution < -0.4 is 0 Å². The molecule has 0 aliphatic heterocycles. The molecule has 14 heavy (non-hydrogen) atoms. The van der Waals surface area contributed by atoms with E-state index in [0.29, 0.717) is 12.3 Å². The minimum Gasteiger partial charge on any atom is -0.519 e. The minimum atomic E-state index is -1.72. The smallest absolute Gasteiger partial charge is 0.292 e. The van der Waals surface area contributed by atoms with Crippen LogP contribution in [-0.2, 0) is 9.22 Å². The molecule has 0 aromatic heterocycles. The number of rotatable bonds is 7. The molecule has 0 aromatic carbocycles. The Morgan fingerprint density at radius 1 is 1.21 bits per heavy atom. The van der Waals surface area contributed by atoms with E-state index in [9.17, 15) is 4.79 Å². The second-order valence-corrected chi connectivity index (χ2v) is 8.58. The minimum absolute atomic E-state index is 0.0529. The molecule has 0 bridgehead atoms. The molecular weight excluding hydrogens is 216 g/mol. The Morgan fingerprint density at radius 2 is 1.71 bits per heavy atom. The van der Waals surface area contributed by atoms with Crippen molar-refractivity contribution in [3.05, 3.63) is 0 Å². The van der Waals surface area contributed by atoms with E-state index in [-0.39, 0.29) is 5.97 Å². The molecule has 0 aromatic rings. The first-order valence-corrected chi connectivity index (χ1v) is 8.48. The van der Waals surface area contributed by atoms with Crippen molar-refractivity contribution in [1.82, 2.24) is 0 Å². The van der Waals surface area contributed by atoms with Crippen LogP contribution >= 0.6 is 11.6 Å². The zero-order valence-electron chi connectivity index (χ0n) is 9.44. The van der Waals surface area contributed by atoms with Gasteiger partial charge in [0, 0.05) is 12.3 Å². The second kappa shape index (κ2) is 7.29. The highest BCUT2D eigenvalue weighted by Gasteiger charge is 2.32. The lowest BCUT2D eigenvalue weighted by atomic mass is 10.3. The van der Waals surface area contributed by atoms with Gasteiger partial charge in [0.25, 0.3) is 14.3 Å². The number of hydrogen-bond acceptors (Lipinski definition) is 2. The van der Waals surface area contributed by atoms with Crippen LogP contribution in [0.4, 0.5) is 0 Å². The number of hydrogen-bond donors (Lipinski definition) is 0. The van der Waals surface area contributed by atoms with E-state index in [1.54, 1.807) is 0 Å². The van der Waals surface area contributed by atoms with Crippen molar-refractivity contribution in [2.24, 2.45) is 0 Å². The highest BCUT2D eigenvalue weighted by atomic mass is 35.5. The van der Waals surface area contributed by atoms with Crippen molar-refractivity contribution in [3.63, 3.8) is 0 Å². The average Bonchev–Trinajstić information content (AvgIpc) is 2.23. The fraction of sp³-hybridized carbons (Fsp3) is 0.900. The van der Waals surface area contributed by atoms with E-state index in [0.717, 1.165) is 24.6 Å². The molecule has 0 aliphatic rings. The predicted octanol–water partition coefficient (Wildman–Crippen LogP) is 3.55. The van der Waals surface area contributed by atoms with Crippen molar-refractivity contribution in [2.45, 2.75) is 51.7 Å². The molecule has 0 radical (unpaired) electrons. The summed E-state index contributed by atoms with van der Waals surface area (Å²) in [6.45, 7) is 6.36. The van der Waals surface area contributed by atoms with Gasteiger partial charge in [-0.1, -0.05) is 20.8 Å². The Bertz CT molecular complexity index is 161. The summed E-state index contributed by atoms with van der Waals surface area (Å²) in [5.41, 5.74) is 0. The number of halogens is 1. The normalized spacial score (nSPS) is 11.4. The van der Waals surface area contributed by atoms with Crippen molar-refractivity contribution < 1.29 is 9.22 Å². The third-order valence-electron chi connectivity index (χ3n) is 2.78. The van der Waals surface area contributed by atoms with Crippen LogP contribution in [0, 0.1) is 0 Å². The predicted molar refractivity (Wildman–Crippen MR) is 63.2 cm³/mol. The molecule has 84 valence electrons. The van der Waals surface area contributed by atoms with Crippen LogP contribution in [0.25, 0.3) is 0 Å². The lowest BCUT2D eigenvalue weighted by Gasteiger charge is -2.27. The fourth-order valence-corrected chi connectivity index (χ4v) is 4.12. The molecule has 0 aliphatic carbocycles. The van der Waals surface area contributed by atoms with Crippen LogP contribution in [0.5, 0.6) is 0 Å². The van der Waals surface area contributed by atoms with Crippen molar-refractivity contribution in [1.29, 1.82) is 0 Å². The quantitative estimate of drug-likeness (QED) is 0.499. The van der Waals surface area contributed by atoms with Gasteiger partial charge in [-0.15, -0.1) is 11.6 Å². The summed E-state index contributed by atoms with van der Waals surface area (Å²) >= 11 is 5.52. The Kier molecular flexibility index (Phi) is 7.28. The third kappa shape index (κ3) is 4.47. The summed E-state index contributed by atoms with van der Waals surface area (Å²) < 4.78 is 5.63. The summed E-state index contributed by atoms with van der Waals surface area (Å²) in [5, 5.41) is 0. The van der Waals surface area contributed by atoms with Crippen molar-refractivity contribution in [3.8, 4) is 0 Å². The molecule has 0 rings (SSSR count). The van der Waals surface area contributed by atoms with Crippen LogP contribution in [0.15, 0.2) is 0 Å². The van der Waals surface area contributed by atoms with Gasteiger partial charge in [0.1, 0.15) is 0 Å². The van der Waals surface area contributed by atoms with Gasteiger partial charge in [0.2, 0.25) is 0 Å². The maximum Gasteiger partial charge on any atom is 0.292 e. The highest BCUT2D eigenvalue weighted by Crippen LogP contribution is 2.22. The van der Waals surface area contributed by atoms with Gasteiger partial charge in [0.05, 0.1) is 0 Å². The largest absolute Gasteiger partial charge is 0.519 e. The van der Waals surface area contributed by atoms with Gasteiger partial charge in [-0.05, 0) is 24.6 Å². The van der Waals surface area contributed by atoms with Crippen LogP contribution in [-0.4, -0.2) is 20.2 Å². The lowest BCUT2D eigenvalue weighted by Crippen LogP contribution is -2.38. The van der Waals surface area contributed by atoms with Crippen LogP contribution in [0.3, 0.4) is 0 Å². The van der Waals surface area contributed by atoms with E-state index in [1.807, 2.05) is 0 Å². The Hall–Kier alpha value is -0.0231. The zero-order chi connectivity index (χ0) is 11.0. The molecule has 0 saturated carbocycles. The molecule has 2 nitrogen and oxygen atoms in total. The van der Waals surface area contributed by atoms with E-state index in [2.05, 4.69) is 20.8 Å². The monoisotopic (exact) mass is 236 g/mol. The molecule has 4 heteroatoms. The molecule has 0 unspecified atom stereocenters. The summed E-state index contributed by atoms with van der Waals surface area (Å²) in [4.78, 5) is 11.4. The SMILES string of the molecule is CC[Si](CC)(CC)OC(=O)CCCCl. The number of carbonyl (C=O) groups excluding carboxylic acids is 1. The average molecular weight is 237 g/mol. The summed E-state index contributed by atoms with van der Waals surface area (Å²) in [6.07, 6.45) is 1.19. The first-order valence-electron chi connectivity index (χ1n) is 5.42. The standard InChI is InChI=1S/C10H21ClO2Si/c1-4-14(5-2,6-3)13-10(12)8-7-9-11/h4-9H2,1-3H3. The van der Waals surface area contributed by atoms with Gasteiger partial charge < -0.3 is 4.43 Å². The Labute approximate surface area is 93.1 Å². The Balaban J connectivity index is 4.08. The van der Waals surface area contributed by atoms with Crippen molar-refractivity contribution >= 4 is 25.9 Å². The topological polar surface area (TPSA) is 26.3 Å². The van der Waals surface area contributed by atoms with E-state index in [4.69, 9.17) is 16.0 Å².